The number of piperidine rings is 1. The van der Waals surface area contributed by atoms with Gasteiger partial charge < -0.3 is 4.99 Å². The van der Waals surface area contributed by atoms with E-state index in [-0.39, 0.29) is 0 Å². The topological polar surface area (TPSA) is 15.6 Å². The monoisotopic (exact) mass is 226 g/mol. The summed E-state index contributed by atoms with van der Waals surface area (Å²) in [6.45, 7) is 1.89. The van der Waals surface area contributed by atoms with Crippen LogP contribution in [0, 0.1) is 5.92 Å². The largest absolute Gasteiger partial charge is 0.301 e. The van der Waals surface area contributed by atoms with Crippen LogP contribution in [0.15, 0.2) is 4.99 Å². The Hall–Kier alpha value is -0.440. The van der Waals surface area contributed by atoms with Gasteiger partial charge in [-0.2, -0.15) is 0 Å². The number of hydrogen-bond acceptors (Lipinski definition) is 2. The fourth-order valence-electron chi connectivity index (χ4n) is 3.16. The summed E-state index contributed by atoms with van der Waals surface area (Å²) in [4.78, 5) is 6.70. The average Bonchev–Trinajstić information content (AvgIpc) is 2.32. The molecule has 1 aliphatic carbocycles. The normalized spacial score (nSPS) is 34.6. The van der Waals surface area contributed by atoms with E-state index in [4.69, 9.17) is 0 Å². The zero-order valence-corrected chi connectivity index (χ0v) is 10.2. The van der Waals surface area contributed by atoms with Gasteiger partial charge in [-0.15, -0.1) is 0 Å². The predicted octanol–water partition coefficient (Wildman–Crippen LogP) is 2.68. The molecule has 0 spiro atoms. The zero-order chi connectivity index (χ0) is 11.4. The van der Waals surface area contributed by atoms with Crippen molar-refractivity contribution in [2.24, 2.45) is 10.9 Å². The second kappa shape index (κ2) is 5.76. The van der Waals surface area contributed by atoms with Gasteiger partial charge in [-0.1, -0.05) is 12.8 Å². The van der Waals surface area contributed by atoms with Crippen molar-refractivity contribution in [2.45, 2.75) is 50.7 Å². The summed E-state index contributed by atoms with van der Waals surface area (Å²) >= 11 is 0. The maximum absolute atomic E-state index is 13.1. The molecule has 2 nitrogen and oxygen atoms in total. The van der Waals surface area contributed by atoms with E-state index < -0.39 is 6.17 Å². The van der Waals surface area contributed by atoms with Crippen LogP contribution >= 0.6 is 0 Å². The van der Waals surface area contributed by atoms with Crippen LogP contribution in [0.3, 0.4) is 0 Å². The van der Waals surface area contributed by atoms with Gasteiger partial charge in [-0.3, -0.25) is 4.90 Å². The number of aliphatic imine (C=N–C) groups is 1. The molecule has 0 aromatic rings. The van der Waals surface area contributed by atoms with E-state index in [2.05, 4.69) is 16.1 Å². The summed E-state index contributed by atoms with van der Waals surface area (Å²) in [6, 6.07) is 0.630. The number of likely N-dealkylation sites (tertiary alicyclic amines) is 1. The minimum Gasteiger partial charge on any atom is -0.301 e. The maximum Gasteiger partial charge on any atom is 0.103 e. The Kier molecular flexibility index (Phi) is 4.33. The zero-order valence-electron chi connectivity index (χ0n) is 10.2. The van der Waals surface area contributed by atoms with Crippen molar-refractivity contribution < 1.29 is 4.39 Å². The van der Waals surface area contributed by atoms with E-state index in [0.29, 0.717) is 12.0 Å². The minimum atomic E-state index is -0.557. The van der Waals surface area contributed by atoms with Crippen molar-refractivity contribution in [2.75, 3.05) is 20.1 Å². The summed E-state index contributed by atoms with van der Waals surface area (Å²) in [6.07, 6.45) is 8.20. The van der Waals surface area contributed by atoms with Crippen LogP contribution in [0.5, 0.6) is 0 Å². The van der Waals surface area contributed by atoms with Crippen LogP contribution in [0.4, 0.5) is 4.39 Å². The molecule has 2 rings (SSSR count). The minimum absolute atomic E-state index is 0.557. The van der Waals surface area contributed by atoms with Crippen molar-refractivity contribution in [3.63, 3.8) is 0 Å². The van der Waals surface area contributed by atoms with Gasteiger partial charge >= 0.3 is 0 Å². The van der Waals surface area contributed by atoms with Crippen LogP contribution in [-0.2, 0) is 0 Å². The maximum atomic E-state index is 13.1. The lowest BCUT2D eigenvalue weighted by molar-refractivity contribution is 0.0777. The van der Waals surface area contributed by atoms with Crippen LogP contribution < -0.4 is 0 Å². The van der Waals surface area contributed by atoms with Gasteiger partial charge in [-0.05, 0) is 25.7 Å². The Morgan fingerprint density at radius 3 is 2.50 bits per heavy atom. The lowest BCUT2D eigenvalue weighted by Gasteiger charge is -2.41. The Bertz CT molecular complexity index is 234. The van der Waals surface area contributed by atoms with Crippen molar-refractivity contribution in [3.05, 3.63) is 0 Å². The van der Waals surface area contributed by atoms with E-state index in [9.17, 15) is 4.39 Å². The SMILES string of the molecule is CN=CC1CCCC[C@@H]1N1CCC(F)CC1. The first-order valence-electron chi connectivity index (χ1n) is 6.61. The lowest BCUT2D eigenvalue weighted by Crippen LogP contribution is -2.47. The highest BCUT2D eigenvalue weighted by molar-refractivity contribution is 5.61. The summed E-state index contributed by atoms with van der Waals surface area (Å²) in [5, 5.41) is 0. The highest BCUT2D eigenvalue weighted by Gasteiger charge is 2.31. The standard InChI is InChI=1S/C13H23FN2/c1-15-10-11-4-2-3-5-13(11)16-8-6-12(14)7-9-16/h10-13H,2-9H2,1H3/t11?,13-/m0/s1. The molecule has 2 atom stereocenters. The number of alkyl halides is 1. The number of halogens is 1. The summed E-state index contributed by atoms with van der Waals surface area (Å²) in [7, 11) is 1.86. The van der Waals surface area contributed by atoms with Gasteiger partial charge in [0, 0.05) is 38.3 Å². The van der Waals surface area contributed by atoms with E-state index >= 15 is 0 Å². The molecular weight excluding hydrogens is 203 g/mol. The molecule has 0 aromatic carbocycles. The van der Waals surface area contributed by atoms with Gasteiger partial charge in [0.05, 0.1) is 0 Å². The van der Waals surface area contributed by atoms with Crippen molar-refractivity contribution in [3.8, 4) is 0 Å². The molecule has 1 saturated heterocycles. The summed E-state index contributed by atoms with van der Waals surface area (Å²) < 4.78 is 13.1. The number of nitrogens with zero attached hydrogens (tertiary/aromatic N) is 2. The third-order valence-electron chi connectivity index (χ3n) is 4.05. The molecular formula is C13H23FN2. The molecule has 1 aliphatic heterocycles. The van der Waals surface area contributed by atoms with Gasteiger partial charge in [-0.25, -0.2) is 4.39 Å². The quantitative estimate of drug-likeness (QED) is 0.661. The first-order chi connectivity index (χ1) is 7.81. The first-order valence-corrected chi connectivity index (χ1v) is 6.61. The van der Waals surface area contributed by atoms with Crippen LogP contribution in [0.1, 0.15) is 38.5 Å². The third kappa shape index (κ3) is 2.82. The molecule has 0 aromatic heterocycles. The average molecular weight is 226 g/mol. The third-order valence-corrected chi connectivity index (χ3v) is 4.05. The molecule has 1 unspecified atom stereocenters. The lowest BCUT2D eigenvalue weighted by atomic mass is 9.83. The molecule has 2 fully saturated rings. The summed E-state index contributed by atoms with van der Waals surface area (Å²) in [5.74, 6) is 0.606. The molecule has 0 N–H and O–H groups in total. The first kappa shape index (κ1) is 12.0. The highest BCUT2D eigenvalue weighted by Crippen LogP contribution is 2.29. The molecule has 0 amide bonds. The van der Waals surface area contributed by atoms with E-state index in [0.717, 1.165) is 25.9 Å². The second-order valence-electron chi connectivity index (χ2n) is 5.13. The van der Waals surface area contributed by atoms with Crippen molar-refractivity contribution >= 4 is 6.21 Å². The predicted molar refractivity (Wildman–Crippen MR) is 65.9 cm³/mol. The molecule has 3 heteroatoms. The van der Waals surface area contributed by atoms with Crippen molar-refractivity contribution in [1.29, 1.82) is 0 Å². The van der Waals surface area contributed by atoms with Crippen LogP contribution in [0.2, 0.25) is 0 Å². The molecule has 2 aliphatic rings. The van der Waals surface area contributed by atoms with Crippen LogP contribution in [-0.4, -0.2) is 43.5 Å². The Morgan fingerprint density at radius 1 is 1.12 bits per heavy atom. The van der Waals surface area contributed by atoms with Crippen LogP contribution in [0.25, 0.3) is 0 Å². The van der Waals surface area contributed by atoms with E-state index in [1.807, 2.05) is 7.05 Å². The highest BCUT2D eigenvalue weighted by atomic mass is 19.1. The fourth-order valence-corrected chi connectivity index (χ4v) is 3.16. The number of hydrogen-bond donors (Lipinski definition) is 0. The Balaban J connectivity index is 1.94. The van der Waals surface area contributed by atoms with Gasteiger partial charge in [0.25, 0.3) is 0 Å². The van der Waals surface area contributed by atoms with E-state index in [1.54, 1.807) is 0 Å². The Labute approximate surface area is 97.9 Å². The van der Waals surface area contributed by atoms with Crippen molar-refractivity contribution in [1.82, 2.24) is 4.90 Å². The molecule has 1 saturated carbocycles. The number of rotatable bonds is 2. The fraction of sp³-hybridized carbons (Fsp3) is 0.923. The molecule has 16 heavy (non-hydrogen) atoms. The smallest absolute Gasteiger partial charge is 0.103 e. The Morgan fingerprint density at radius 2 is 1.81 bits per heavy atom. The van der Waals surface area contributed by atoms with E-state index in [1.165, 1.54) is 25.7 Å². The molecule has 0 radical (unpaired) electrons. The summed E-state index contributed by atoms with van der Waals surface area (Å²) in [5.41, 5.74) is 0. The molecule has 1 heterocycles. The molecule has 0 bridgehead atoms. The second-order valence-corrected chi connectivity index (χ2v) is 5.13. The van der Waals surface area contributed by atoms with Gasteiger partial charge in [0.15, 0.2) is 0 Å². The molecule has 92 valence electrons. The van der Waals surface area contributed by atoms with Gasteiger partial charge in [0.2, 0.25) is 0 Å². The van der Waals surface area contributed by atoms with Gasteiger partial charge in [0.1, 0.15) is 6.17 Å².